The van der Waals surface area contributed by atoms with Crippen molar-refractivity contribution in [3.8, 4) is 22.3 Å². The quantitative estimate of drug-likeness (QED) is 0.125. The molecule has 64 heavy (non-hydrogen) atoms. The molecular formula is C50H61F2N7O5. The van der Waals surface area contributed by atoms with Gasteiger partial charge in [-0.05, 0) is 84.6 Å². The van der Waals surface area contributed by atoms with Gasteiger partial charge < -0.3 is 40.5 Å². The number of nitrogens with zero attached hydrogens (tertiary/aromatic N) is 5. The molecule has 0 spiro atoms. The van der Waals surface area contributed by atoms with Crippen molar-refractivity contribution < 1.29 is 33.3 Å². The van der Waals surface area contributed by atoms with Crippen LogP contribution in [0.3, 0.4) is 0 Å². The van der Waals surface area contributed by atoms with Gasteiger partial charge in [0.15, 0.2) is 0 Å². The maximum atomic E-state index is 13.7. The molecule has 2 fully saturated rings. The number of halogens is 2. The Kier molecular flexibility index (Phi) is 13.2. The molecule has 4 atom stereocenters. The Morgan fingerprint density at radius 1 is 0.766 bits per heavy atom. The van der Waals surface area contributed by atoms with Gasteiger partial charge in [-0.25, -0.2) is 0 Å². The first-order valence-electron chi connectivity index (χ1n) is 22.0. The summed E-state index contributed by atoms with van der Waals surface area (Å²) in [7, 11) is 0. The lowest BCUT2D eigenvalue weighted by atomic mass is 9.73. The van der Waals surface area contributed by atoms with Gasteiger partial charge in [-0.15, -0.1) is 0 Å². The number of hydrogen-bond acceptors (Lipinski definition) is 11. The number of carbonyl (C=O) groups excluding carboxylic acids is 1. The van der Waals surface area contributed by atoms with Crippen LogP contribution in [0.1, 0.15) is 99.2 Å². The summed E-state index contributed by atoms with van der Waals surface area (Å²) in [4.78, 5) is 30.5. The van der Waals surface area contributed by atoms with Crippen molar-refractivity contribution in [2.24, 2.45) is 10.8 Å². The van der Waals surface area contributed by atoms with E-state index in [1.54, 1.807) is 12.3 Å². The SMILES string of the molecule is CC.Cc1ccc(N)cc1-c1cnc2c(c1)N1CCOCC1C(C)(C)C2O.Cc1ccc(NC(=O)c2ccnc(C(C)(F)F)c2)cc1-c1cnc2c(c1)N1CCOCC1C(C)(C)C2O. The number of aliphatic hydroxyl groups is 2. The first-order valence-corrected chi connectivity index (χ1v) is 22.0. The summed E-state index contributed by atoms with van der Waals surface area (Å²) in [6, 6.07) is 18.3. The number of carbonyl (C=O) groups is 1. The first kappa shape index (κ1) is 46.5. The lowest BCUT2D eigenvalue weighted by Crippen LogP contribution is -2.58. The molecular weight excluding hydrogens is 817 g/mol. The van der Waals surface area contributed by atoms with Crippen molar-refractivity contribution in [3.63, 3.8) is 0 Å². The largest absolute Gasteiger partial charge is 0.399 e. The van der Waals surface area contributed by atoms with E-state index in [-0.39, 0.29) is 23.1 Å². The molecule has 0 saturated carbocycles. The number of aliphatic hydroxyl groups excluding tert-OH is 2. The minimum absolute atomic E-state index is 0.0215. The van der Waals surface area contributed by atoms with E-state index in [0.717, 1.165) is 75.7 Å². The number of pyridine rings is 3. The molecule has 14 heteroatoms. The van der Waals surface area contributed by atoms with E-state index in [0.29, 0.717) is 44.4 Å². The number of aryl methyl sites for hydroxylation is 2. The second kappa shape index (κ2) is 18.1. The Bertz CT molecular complexity index is 2510. The Labute approximate surface area is 374 Å². The maximum absolute atomic E-state index is 13.7. The highest BCUT2D eigenvalue weighted by molar-refractivity contribution is 6.04. The van der Waals surface area contributed by atoms with E-state index in [4.69, 9.17) is 15.2 Å². The van der Waals surface area contributed by atoms with Crippen molar-refractivity contribution in [1.82, 2.24) is 15.0 Å². The van der Waals surface area contributed by atoms with Crippen LogP contribution in [0.2, 0.25) is 0 Å². The van der Waals surface area contributed by atoms with Crippen LogP contribution >= 0.6 is 0 Å². The number of nitrogens with one attached hydrogen (secondary N) is 1. The molecule has 4 unspecified atom stereocenters. The van der Waals surface area contributed by atoms with Gasteiger partial charge in [0.1, 0.15) is 17.9 Å². The predicted molar refractivity (Wildman–Crippen MR) is 248 cm³/mol. The molecule has 4 aliphatic rings. The standard InChI is InChI=1S/C28H30F2N4O3.C20H25N3O2.C2H6/c1-16-5-6-19(33-26(36)17-7-8-31-22(12-17)28(4,29)30)13-20(16)18-11-21-24(32-14-18)25(35)27(2,3)23-15-37-10-9-34(21)23;1-12-4-5-14(21)9-15(12)13-8-16-18(22-10-13)19(24)20(2,3)17-11-25-7-6-23(16)17;1-2/h5-8,11-14,23,25,35H,9-10,15H2,1-4H3,(H,33,36);4-5,8-10,17,19,24H,6-7,11,21H2,1-3H3;1-2H3. The summed E-state index contributed by atoms with van der Waals surface area (Å²) in [6.07, 6.45) is 3.45. The van der Waals surface area contributed by atoms with Gasteiger partial charge in [0.25, 0.3) is 11.8 Å². The highest BCUT2D eigenvalue weighted by atomic mass is 19.3. The van der Waals surface area contributed by atoms with E-state index in [1.807, 2.05) is 77.2 Å². The predicted octanol–water partition coefficient (Wildman–Crippen LogP) is 9.04. The third-order valence-corrected chi connectivity index (χ3v) is 13.2. The van der Waals surface area contributed by atoms with Crippen molar-refractivity contribution in [2.45, 2.75) is 92.5 Å². The fourth-order valence-corrected chi connectivity index (χ4v) is 9.17. The normalized spacial score (nSPS) is 21.6. The number of ether oxygens (including phenoxy) is 2. The molecule has 4 aliphatic heterocycles. The molecule has 1 amide bonds. The summed E-state index contributed by atoms with van der Waals surface area (Å²) in [5, 5.41) is 24.8. The third-order valence-electron chi connectivity index (χ3n) is 13.2. The molecule has 0 radical (unpaired) electrons. The van der Waals surface area contributed by atoms with Crippen molar-refractivity contribution in [3.05, 3.63) is 113 Å². The molecule has 2 aromatic carbocycles. The number of fused-ring (bicyclic) bond motifs is 6. The van der Waals surface area contributed by atoms with Crippen molar-refractivity contribution >= 4 is 28.7 Å². The lowest BCUT2D eigenvalue weighted by molar-refractivity contribution is -0.0288. The van der Waals surface area contributed by atoms with Crippen LogP contribution in [-0.2, 0) is 15.4 Å². The van der Waals surface area contributed by atoms with Gasteiger partial charge in [-0.1, -0.05) is 53.7 Å². The fourth-order valence-electron chi connectivity index (χ4n) is 9.17. The second-order valence-electron chi connectivity index (χ2n) is 18.1. The minimum Gasteiger partial charge on any atom is -0.399 e. The van der Waals surface area contributed by atoms with Gasteiger partial charge in [-0.2, -0.15) is 8.78 Å². The van der Waals surface area contributed by atoms with Gasteiger partial charge in [-0.3, -0.25) is 19.7 Å². The molecule has 0 bridgehead atoms. The van der Waals surface area contributed by atoms with Crippen LogP contribution < -0.4 is 20.9 Å². The number of nitrogens with two attached hydrogens (primary N) is 1. The first-order chi connectivity index (χ1) is 30.4. The maximum Gasteiger partial charge on any atom is 0.286 e. The third kappa shape index (κ3) is 8.80. The van der Waals surface area contributed by atoms with Crippen LogP contribution in [0.4, 0.5) is 31.5 Å². The van der Waals surface area contributed by atoms with E-state index >= 15 is 0 Å². The van der Waals surface area contributed by atoms with Crippen molar-refractivity contribution in [1.29, 1.82) is 0 Å². The van der Waals surface area contributed by atoms with E-state index in [1.165, 1.54) is 12.3 Å². The molecule has 5 N–H and O–H groups in total. The zero-order chi connectivity index (χ0) is 46.3. The van der Waals surface area contributed by atoms with Crippen LogP contribution in [0.5, 0.6) is 0 Å². The monoisotopic (exact) mass is 877 g/mol. The number of anilines is 4. The number of aromatic nitrogens is 3. The molecule has 3 aromatic heterocycles. The smallest absolute Gasteiger partial charge is 0.286 e. The van der Waals surface area contributed by atoms with Gasteiger partial charge in [0.2, 0.25) is 0 Å². The zero-order valence-electron chi connectivity index (χ0n) is 38.2. The second-order valence-corrected chi connectivity index (χ2v) is 18.1. The van der Waals surface area contributed by atoms with Gasteiger partial charge in [0, 0.05) is 77.5 Å². The number of nitrogen functional groups attached to an aromatic ring is 1. The Balaban J connectivity index is 0.000000197. The number of alkyl halides is 2. The average Bonchev–Trinajstić information content (AvgIpc) is 3.29. The molecule has 7 heterocycles. The number of hydrogen-bond donors (Lipinski definition) is 4. The van der Waals surface area contributed by atoms with E-state index < -0.39 is 35.1 Å². The van der Waals surface area contributed by atoms with Gasteiger partial charge in [0.05, 0.1) is 61.3 Å². The molecule has 0 aliphatic carbocycles. The molecule has 340 valence electrons. The van der Waals surface area contributed by atoms with E-state index in [2.05, 4.69) is 56.9 Å². The Hall–Kier alpha value is -5.54. The number of amides is 1. The minimum atomic E-state index is -3.14. The van der Waals surface area contributed by atoms with Gasteiger partial charge >= 0.3 is 0 Å². The van der Waals surface area contributed by atoms with E-state index in [9.17, 15) is 23.8 Å². The Morgan fingerprint density at radius 3 is 1.78 bits per heavy atom. The highest BCUT2D eigenvalue weighted by Crippen LogP contribution is 2.50. The topological polar surface area (TPSA) is 159 Å². The van der Waals surface area contributed by atoms with Crippen LogP contribution in [0.25, 0.3) is 22.3 Å². The average molecular weight is 878 g/mol. The fraction of sp³-hybridized carbons (Fsp3) is 0.440. The lowest BCUT2D eigenvalue weighted by Gasteiger charge is -2.52. The summed E-state index contributed by atoms with van der Waals surface area (Å²) in [5.74, 6) is -3.65. The number of rotatable bonds is 5. The summed E-state index contributed by atoms with van der Waals surface area (Å²) < 4.78 is 38.8. The molecule has 9 rings (SSSR count). The molecule has 12 nitrogen and oxygen atoms in total. The molecule has 2 saturated heterocycles. The Morgan fingerprint density at radius 2 is 1.27 bits per heavy atom. The van der Waals surface area contributed by atoms with Crippen LogP contribution in [-0.4, -0.2) is 82.7 Å². The number of morpholine rings is 2. The summed E-state index contributed by atoms with van der Waals surface area (Å²) >= 11 is 0. The summed E-state index contributed by atoms with van der Waals surface area (Å²) in [6.45, 7) is 21.0. The van der Waals surface area contributed by atoms with Crippen LogP contribution in [0.15, 0.2) is 79.3 Å². The summed E-state index contributed by atoms with van der Waals surface area (Å²) in [5.41, 5.74) is 15.4. The highest BCUT2D eigenvalue weighted by Gasteiger charge is 2.50. The number of benzene rings is 2. The van der Waals surface area contributed by atoms with Crippen LogP contribution in [0, 0.1) is 24.7 Å². The zero-order valence-corrected chi connectivity index (χ0v) is 38.2. The van der Waals surface area contributed by atoms with Crippen molar-refractivity contribution in [2.75, 3.05) is 60.4 Å². The molecule has 5 aromatic rings.